The Labute approximate surface area is 177 Å². The first-order valence-corrected chi connectivity index (χ1v) is 10.5. The van der Waals surface area contributed by atoms with E-state index in [0.717, 1.165) is 23.9 Å². The molecule has 7 nitrogen and oxygen atoms in total. The van der Waals surface area contributed by atoms with E-state index < -0.39 is 0 Å². The number of amides is 1. The molecule has 160 valence electrons. The predicted molar refractivity (Wildman–Crippen MR) is 119 cm³/mol. The highest BCUT2D eigenvalue weighted by Gasteiger charge is 2.16. The Morgan fingerprint density at radius 2 is 1.80 bits per heavy atom. The standard InChI is InChI=1S/C23H30N4O3/c1-6-10-29-20-9-8-18(13-21(20)30-11-7-2)26-23(28)19-12-17-14-24-27(15(3)4)22(17)25-16(19)5/h8-9,12-15H,6-7,10-11H2,1-5H3,(H,26,28). The molecular weight excluding hydrogens is 380 g/mol. The van der Waals surface area contributed by atoms with Crippen molar-refractivity contribution in [2.45, 2.75) is 53.5 Å². The Bertz CT molecular complexity index is 1030. The molecule has 1 N–H and O–H groups in total. The van der Waals surface area contributed by atoms with Gasteiger partial charge in [-0.15, -0.1) is 0 Å². The molecule has 0 radical (unpaired) electrons. The summed E-state index contributed by atoms with van der Waals surface area (Å²) < 4.78 is 13.4. The number of ether oxygens (including phenoxy) is 2. The van der Waals surface area contributed by atoms with Crippen LogP contribution in [0.1, 0.15) is 62.6 Å². The van der Waals surface area contributed by atoms with Crippen LogP contribution in [-0.4, -0.2) is 33.9 Å². The van der Waals surface area contributed by atoms with Gasteiger partial charge in [-0.2, -0.15) is 5.10 Å². The van der Waals surface area contributed by atoms with Gasteiger partial charge in [-0.25, -0.2) is 9.67 Å². The molecule has 0 atom stereocenters. The molecule has 0 spiro atoms. The van der Waals surface area contributed by atoms with E-state index in [2.05, 4.69) is 36.2 Å². The van der Waals surface area contributed by atoms with Crippen LogP contribution in [0, 0.1) is 6.92 Å². The number of rotatable bonds is 9. The zero-order valence-corrected chi connectivity index (χ0v) is 18.4. The third-order valence-electron chi connectivity index (χ3n) is 4.62. The predicted octanol–water partition coefficient (Wildman–Crippen LogP) is 5.15. The van der Waals surface area contributed by atoms with E-state index in [1.807, 2.05) is 36.7 Å². The van der Waals surface area contributed by atoms with Gasteiger partial charge >= 0.3 is 0 Å². The van der Waals surface area contributed by atoms with Crippen molar-refractivity contribution in [3.63, 3.8) is 0 Å². The van der Waals surface area contributed by atoms with E-state index in [4.69, 9.17) is 9.47 Å². The topological polar surface area (TPSA) is 78.3 Å². The minimum absolute atomic E-state index is 0.198. The number of hydrogen-bond acceptors (Lipinski definition) is 5. The normalized spacial score (nSPS) is 11.1. The molecule has 0 aliphatic heterocycles. The molecule has 30 heavy (non-hydrogen) atoms. The van der Waals surface area contributed by atoms with Crippen LogP contribution in [0.3, 0.4) is 0 Å². The van der Waals surface area contributed by atoms with E-state index in [9.17, 15) is 4.79 Å². The van der Waals surface area contributed by atoms with Gasteiger partial charge in [0.25, 0.3) is 5.91 Å². The summed E-state index contributed by atoms with van der Waals surface area (Å²) in [6.07, 6.45) is 3.54. The summed E-state index contributed by atoms with van der Waals surface area (Å²) in [7, 11) is 0. The van der Waals surface area contributed by atoms with Crippen LogP contribution >= 0.6 is 0 Å². The van der Waals surface area contributed by atoms with Gasteiger partial charge in [-0.1, -0.05) is 13.8 Å². The maximum atomic E-state index is 13.0. The number of nitrogens with one attached hydrogen (secondary N) is 1. The highest BCUT2D eigenvalue weighted by Crippen LogP contribution is 2.31. The number of aromatic nitrogens is 3. The molecule has 3 aromatic rings. The van der Waals surface area contributed by atoms with Crippen LogP contribution in [0.4, 0.5) is 5.69 Å². The van der Waals surface area contributed by atoms with Crippen molar-refractivity contribution in [2.75, 3.05) is 18.5 Å². The molecule has 0 bridgehead atoms. The van der Waals surface area contributed by atoms with Crippen LogP contribution in [0.15, 0.2) is 30.5 Å². The van der Waals surface area contributed by atoms with Gasteiger partial charge in [0.15, 0.2) is 17.1 Å². The second-order valence-electron chi connectivity index (χ2n) is 7.53. The largest absolute Gasteiger partial charge is 0.490 e. The molecule has 0 aliphatic rings. The summed E-state index contributed by atoms with van der Waals surface area (Å²) >= 11 is 0. The van der Waals surface area contributed by atoms with Gasteiger partial charge < -0.3 is 14.8 Å². The van der Waals surface area contributed by atoms with Gasteiger partial charge in [-0.3, -0.25) is 4.79 Å². The van der Waals surface area contributed by atoms with Crippen LogP contribution < -0.4 is 14.8 Å². The number of hydrogen-bond donors (Lipinski definition) is 1. The molecule has 0 aliphatic carbocycles. The van der Waals surface area contributed by atoms with Gasteiger partial charge in [0, 0.05) is 23.2 Å². The number of nitrogens with zero attached hydrogens (tertiary/aromatic N) is 3. The number of anilines is 1. The smallest absolute Gasteiger partial charge is 0.257 e. The van der Waals surface area contributed by atoms with E-state index in [-0.39, 0.29) is 11.9 Å². The first-order chi connectivity index (χ1) is 14.4. The lowest BCUT2D eigenvalue weighted by atomic mass is 10.1. The van der Waals surface area contributed by atoms with Crippen molar-refractivity contribution < 1.29 is 14.3 Å². The summed E-state index contributed by atoms with van der Waals surface area (Å²) in [6, 6.07) is 7.49. The van der Waals surface area contributed by atoms with E-state index in [1.165, 1.54) is 0 Å². The van der Waals surface area contributed by atoms with Crippen molar-refractivity contribution in [2.24, 2.45) is 0 Å². The molecule has 0 saturated heterocycles. The molecule has 3 rings (SSSR count). The number of aryl methyl sites for hydroxylation is 1. The summed E-state index contributed by atoms with van der Waals surface area (Å²) in [5.41, 5.74) is 2.61. The molecule has 1 aromatic carbocycles. The highest BCUT2D eigenvalue weighted by atomic mass is 16.5. The van der Waals surface area contributed by atoms with Gasteiger partial charge in [0.05, 0.1) is 30.7 Å². The van der Waals surface area contributed by atoms with E-state index in [0.29, 0.717) is 41.7 Å². The monoisotopic (exact) mass is 410 g/mol. The minimum Gasteiger partial charge on any atom is -0.490 e. The van der Waals surface area contributed by atoms with Crippen LogP contribution in [-0.2, 0) is 0 Å². The first kappa shape index (κ1) is 21.6. The SMILES string of the molecule is CCCOc1ccc(NC(=O)c2cc3cnn(C(C)C)c3nc2C)cc1OCCC. The van der Waals surface area contributed by atoms with Crippen LogP contribution in [0.25, 0.3) is 11.0 Å². The second-order valence-corrected chi connectivity index (χ2v) is 7.53. The Morgan fingerprint density at radius 3 is 2.47 bits per heavy atom. The van der Waals surface area contributed by atoms with Gasteiger partial charge in [0.1, 0.15) is 0 Å². The van der Waals surface area contributed by atoms with Gasteiger partial charge in [-0.05, 0) is 51.8 Å². The minimum atomic E-state index is -0.220. The highest BCUT2D eigenvalue weighted by molar-refractivity contribution is 6.06. The fraction of sp³-hybridized carbons (Fsp3) is 0.435. The fourth-order valence-corrected chi connectivity index (χ4v) is 3.11. The maximum Gasteiger partial charge on any atom is 0.257 e. The fourth-order valence-electron chi connectivity index (χ4n) is 3.11. The second kappa shape index (κ2) is 9.61. The molecule has 2 aromatic heterocycles. The average Bonchev–Trinajstić information content (AvgIpc) is 3.13. The van der Waals surface area contributed by atoms with E-state index >= 15 is 0 Å². The zero-order valence-electron chi connectivity index (χ0n) is 18.4. The number of pyridine rings is 1. The molecule has 2 heterocycles. The molecule has 0 unspecified atom stereocenters. The Morgan fingerprint density at radius 1 is 1.10 bits per heavy atom. The van der Waals surface area contributed by atoms with Crippen molar-refractivity contribution in [1.82, 2.24) is 14.8 Å². The number of fused-ring (bicyclic) bond motifs is 1. The number of carbonyl (C=O) groups is 1. The van der Waals surface area contributed by atoms with Crippen molar-refractivity contribution in [3.05, 3.63) is 41.7 Å². The van der Waals surface area contributed by atoms with Gasteiger partial charge in [0.2, 0.25) is 0 Å². The summed E-state index contributed by atoms with van der Waals surface area (Å²) in [5.74, 6) is 1.10. The number of benzene rings is 1. The Hall–Kier alpha value is -3.09. The zero-order chi connectivity index (χ0) is 21.7. The molecule has 1 amide bonds. The van der Waals surface area contributed by atoms with Crippen LogP contribution in [0.5, 0.6) is 11.5 Å². The van der Waals surface area contributed by atoms with Crippen molar-refractivity contribution in [3.8, 4) is 11.5 Å². The molecule has 0 saturated carbocycles. The lowest BCUT2D eigenvalue weighted by molar-refractivity contribution is 0.102. The Kier molecular flexibility index (Phi) is 6.92. The van der Waals surface area contributed by atoms with Crippen LogP contribution in [0.2, 0.25) is 0 Å². The summed E-state index contributed by atoms with van der Waals surface area (Å²) in [4.78, 5) is 17.6. The maximum absolute atomic E-state index is 13.0. The number of carbonyl (C=O) groups excluding carboxylic acids is 1. The van der Waals surface area contributed by atoms with E-state index in [1.54, 1.807) is 12.3 Å². The first-order valence-electron chi connectivity index (χ1n) is 10.5. The average molecular weight is 411 g/mol. The molecule has 0 fully saturated rings. The summed E-state index contributed by atoms with van der Waals surface area (Å²) in [6.45, 7) is 11.2. The van der Waals surface area contributed by atoms with Crippen molar-refractivity contribution in [1.29, 1.82) is 0 Å². The van der Waals surface area contributed by atoms with Crippen molar-refractivity contribution >= 4 is 22.6 Å². The third kappa shape index (κ3) is 4.72. The summed E-state index contributed by atoms with van der Waals surface area (Å²) in [5, 5.41) is 8.18. The Balaban J connectivity index is 1.85. The third-order valence-corrected chi connectivity index (χ3v) is 4.62. The molecular formula is C23H30N4O3. The lowest BCUT2D eigenvalue weighted by Crippen LogP contribution is -2.15. The lowest BCUT2D eigenvalue weighted by Gasteiger charge is -2.14. The quantitative estimate of drug-likeness (QED) is 0.528. The molecule has 7 heteroatoms.